The van der Waals surface area contributed by atoms with Gasteiger partial charge < -0.3 is 14.5 Å². The third kappa shape index (κ3) is 5.81. The lowest BCUT2D eigenvalue weighted by Crippen LogP contribution is -2.50. The Hall–Kier alpha value is -2.03. The summed E-state index contributed by atoms with van der Waals surface area (Å²) in [5, 5.41) is 0. The molecule has 5 heteroatoms. The Morgan fingerprint density at radius 1 is 1.03 bits per heavy atom. The first kappa shape index (κ1) is 22.2. The average molecular weight is 424 g/mol. The van der Waals surface area contributed by atoms with E-state index in [0.717, 1.165) is 43.3 Å². The molecule has 5 nitrogen and oxygen atoms in total. The number of anilines is 1. The minimum Gasteiger partial charge on any atom is -0.494 e. The van der Waals surface area contributed by atoms with Crippen molar-refractivity contribution >= 4 is 11.6 Å². The molecule has 0 N–H and O–H groups in total. The maximum absolute atomic E-state index is 12.2. The van der Waals surface area contributed by atoms with E-state index >= 15 is 0 Å². The molecule has 0 bridgehead atoms. The van der Waals surface area contributed by atoms with Gasteiger partial charge in [0.1, 0.15) is 5.75 Å². The summed E-state index contributed by atoms with van der Waals surface area (Å²) in [5.74, 6) is 3.53. The van der Waals surface area contributed by atoms with Crippen LogP contribution in [0.2, 0.25) is 0 Å². The highest BCUT2D eigenvalue weighted by molar-refractivity contribution is 5.97. The molecular weight excluding hydrogens is 386 g/mol. The number of benzene rings is 1. The van der Waals surface area contributed by atoms with Crippen LogP contribution in [0.5, 0.6) is 5.75 Å². The zero-order chi connectivity index (χ0) is 21.5. The van der Waals surface area contributed by atoms with Crippen LogP contribution >= 0.6 is 0 Å². The van der Waals surface area contributed by atoms with Gasteiger partial charge in [0.2, 0.25) is 5.91 Å². The van der Waals surface area contributed by atoms with E-state index in [1.54, 1.807) is 4.90 Å². The third-order valence-corrected chi connectivity index (χ3v) is 7.14. The Labute approximate surface area is 187 Å². The largest absolute Gasteiger partial charge is 0.494 e. The van der Waals surface area contributed by atoms with Gasteiger partial charge in [-0.15, -0.1) is 6.42 Å². The van der Waals surface area contributed by atoms with Crippen molar-refractivity contribution in [2.24, 2.45) is 0 Å². The number of hydrogen-bond donors (Lipinski definition) is 0. The summed E-state index contributed by atoms with van der Waals surface area (Å²) in [6.07, 6.45) is 16.1. The molecule has 31 heavy (non-hydrogen) atoms. The summed E-state index contributed by atoms with van der Waals surface area (Å²) in [4.78, 5) is 19.3. The highest BCUT2D eigenvalue weighted by Crippen LogP contribution is 2.31. The second-order valence-electron chi connectivity index (χ2n) is 9.20. The molecule has 1 aromatic rings. The summed E-state index contributed by atoms with van der Waals surface area (Å²) in [6, 6.07) is 6.93. The molecule has 0 radical (unpaired) electrons. The lowest BCUT2D eigenvalue weighted by Gasteiger charge is -2.40. The molecule has 2 aliphatic heterocycles. The number of hydrogen-bond acceptors (Lipinski definition) is 4. The van der Waals surface area contributed by atoms with Crippen molar-refractivity contribution in [3.05, 3.63) is 23.8 Å². The van der Waals surface area contributed by atoms with Crippen molar-refractivity contribution in [1.29, 1.82) is 0 Å². The van der Waals surface area contributed by atoms with Crippen molar-refractivity contribution in [2.75, 3.05) is 50.8 Å². The second-order valence-corrected chi connectivity index (χ2v) is 9.20. The molecule has 0 unspecified atom stereocenters. The van der Waals surface area contributed by atoms with Gasteiger partial charge in [-0.2, -0.15) is 0 Å². The van der Waals surface area contributed by atoms with Crippen molar-refractivity contribution in [2.45, 2.75) is 63.8 Å². The van der Waals surface area contributed by atoms with Gasteiger partial charge in [-0.3, -0.25) is 9.69 Å². The maximum atomic E-state index is 12.2. The minimum absolute atomic E-state index is 0.103. The van der Waals surface area contributed by atoms with Crippen molar-refractivity contribution < 1.29 is 9.53 Å². The number of unbranched alkanes of at least 4 members (excludes halogenated alkanes) is 1. The van der Waals surface area contributed by atoms with Gasteiger partial charge in [0, 0.05) is 44.7 Å². The first-order valence-electron chi connectivity index (χ1n) is 12.2. The zero-order valence-corrected chi connectivity index (χ0v) is 18.9. The van der Waals surface area contributed by atoms with Crippen LogP contribution in [0, 0.1) is 12.3 Å². The number of ether oxygens (including phenoxy) is 1. The molecule has 168 valence electrons. The van der Waals surface area contributed by atoms with Crippen LogP contribution in [0.15, 0.2) is 18.2 Å². The van der Waals surface area contributed by atoms with Crippen molar-refractivity contribution in [3.63, 3.8) is 0 Å². The SMILES string of the molecule is C#CCN1C(=O)CCc2ccc(OCCCCN3CCN(C4CCCCC4)CC3)cc21. The maximum Gasteiger partial charge on any atom is 0.228 e. The van der Waals surface area contributed by atoms with Gasteiger partial charge >= 0.3 is 0 Å². The number of carbonyl (C=O) groups is 1. The number of aryl methyl sites for hydroxylation is 1. The normalized spacial score (nSPS) is 21.0. The fourth-order valence-corrected chi connectivity index (χ4v) is 5.30. The predicted octanol–water partition coefficient (Wildman–Crippen LogP) is 3.71. The fourth-order valence-electron chi connectivity index (χ4n) is 5.30. The Bertz CT molecular complexity index is 773. The smallest absolute Gasteiger partial charge is 0.228 e. The van der Waals surface area contributed by atoms with Gasteiger partial charge in [0.05, 0.1) is 18.8 Å². The van der Waals surface area contributed by atoms with E-state index in [1.807, 2.05) is 12.1 Å². The summed E-state index contributed by atoms with van der Waals surface area (Å²) >= 11 is 0. The van der Waals surface area contributed by atoms with E-state index in [-0.39, 0.29) is 5.91 Å². The number of carbonyl (C=O) groups excluding carboxylic acids is 1. The van der Waals surface area contributed by atoms with E-state index in [2.05, 4.69) is 21.8 Å². The van der Waals surface area contributed by atoms with E-state index in [0.29, 0.717) is 19.6 Å². The lowest BCUT2D eigenvalue weighted by atomic mass is 9.94. The molecule has 1 saturated heterocycles. The monoisotopic (exact) mass is 423 g/mol. The molecule has 1 amide bonds. The number of piperazine rings is 1. The van der Waals surface area contributed by atoms with E-state index in [9.17, 15) is 4.79 Å². The molecule has 1 saturated carbocycles. The molecule has 3 aliphatic rings. The molecule has 0 spiro atoms. The van der Waals surface area contributed by atoms with Crippen LogP contribution in [0.25, 0.3) is 0 Å². The zero-order valence-electron chi connectivity index (χ0n) is 18.9. The van der Waals surface area contributed by atoms with Gasteiger partial charge in [-0.05, 0) is 50.3 Å². The van der Waals surface area contributed by atoms with Crippen LogP contribution in [0.4, 0.5) is 5.69 Å². The minimum atomic E-state index is 0.103. The van der Waals surface area contributed by atoms with Gasteiger partial charge in [-0.1, -0.05) is 31.2 Å². The Morgan fingerprint density at radius 3 is 2.61 bits per heavy atom. The summed E-state index contributed by atoms with van der Waals surface area (Å²) < 4.78 is 6.00. The molecule has 0 atom stereocenters. The molecule has 2 heterocycles. The molecular formula is C26H37N3O2. The average Bonchev–Trinajstić information content (AvgIpc) is 2.82. The summed E-state index contributed by atoms with van der Waals surface area (Å²) in [6.45, 7) is 7.10. The van der Waals surface area contributed by atoms with Crippen molar-refractivity contribution in [3.8, 4) is 18.1 Å². The van der Waals surface area contributed by atoms with Gasteiger partial charge in [-0.25, -0.2) is 0 Å². The molecule has 0 aromatic heterocycles. The van der Waals surface area contributed by atoms with Gasteiger partial charge in [0.25, 0.3) is 0 Å². The van der Waals surface area contributed by atoms with Crippen LogP contribution in [0.1, 0.15) is 56.9 Å². The second kappa shape index (κ2) is 11.0. The molecule has 1 aliphatic carbocycles. The quantitative estimate of drug-likeness (QED) is 0.472. The molecule has 4 rings (SSSR count). The van der Waals surface area contributed by atoms with Crippen molar-refractivity contribution in [1.82, 2.24) is 9.80 Å². The summed E-state index contributed by atoms with van der Waals surface area (Å²) in [7, 11) is 0. The van der Waals surface area contributed by atoms with E-state index in [1.165, 1.54) is 63.8 Å². The number of fused-ring (bicyclic) bond motifs is 1. The lowest BCUT2D eigenvalue weighted by molar-refractivity contribution is -0.118. The highest BCUT2D eigenvalue weighted by atomic mass is 16.5. The van der Waals surface area contributed by atoms with Crippen LogP contribution in [-0.4, -0.2) is 67.6 Å². The highest BCUT2D eigenvalue weighted by Gasteiger charge is 2.25. The number of amides is 1. The topological polar surface area (TPSA) is 36.0 Å². The first-order valence-corrected chi connectivity index (χ1v) is 12.2. The standard InChI is InChI=1S/C26H37N3O2/c1-2-14-29-25-21-24(12-10-22(25)11-13-26(29)30)31-20-7-6-15-27-16-18-28(19-17-27)23-8-4-3-5-9-23/h1,10,12,21,23H,3-9,11,13-20H2. The first-order chi connectivity index (χ1) is 15.2. The number of rotatable bonds is 8. The molecule has 2 fully saturated rings. The third-order valence-electron chi connectivity index (χ3n) is 7.14. The van der Waals surface area contributed by atoms with E-state index < -0.39 is 0 Å². The Kier molecular flexibility index (Phi) is 7.88. The predicted molar refractivity (Wildman–Crippen MR) is 126 cm³/mol. The number of terminal acetylenes is 1. The van der Waals surface area contributed by atoms with E-state index in [4.69, 9.17) is 11.2 Å². The van der Waals surface area contributed by atoms with Crippen LogP contribution in [-0.2, 0) is 11.2 Å². The van der Waals surface area contributed by atoms with Crippen LogP contribution in [0.3, 0.4) is 0 Å². The summed E-state index contributed by atoms with van der Waals surface area (Å²) in [5.41, 5.74) is 2.09. The Morgan fingerprint density at radius 2 is 1.84 bits per heavy atom. The fraction of sp³-hybridized carbons (Fsp3) is 0.654. The van der Waals surface area contributed by atoms with Gasteiger partial charge in [0.15, 0.2) is 0 Å². The number of nitrogens with zero attached hydrogens (tertiary/aromatic N) is 3. The van der Waals surface area contributed by atoms with Crippen LogP contribution < -0.4 is 9.64 Å². The Balaban J connectivity index is 1.16. The molecule has 1 aromatic carbocycles.